The molecule has 3 nitrogen and oxygen atoms in total. The van der Waals surface area contributed by atoms with E-state index in [1.54, 1.807) is 30.4 Å². The zero-order chi connectivity index (χ0) is 14.4. The highest BCUT2D eigenvalue weighted by molar-refractivity contribution is 7.10. The summed E-state index contributed by atoms with van der Waals surface area (Å²) in [5.74, 6) is -0.274. The van der Waals surface area contributed by atoms with Crippen LogP contribution in [0.4, 0.5) is 5.69 Å². The van der Waals surface area contributed by atoms with E-state index < -0.39 is 0 Å². The highest BCUT2D eigenvalue weighted by Gasteiger charge is 2.11. The molecule has 0 aliphatic heterocycles. The zero-order valence-corrected chi connectivity index (χ0v) is 12.6. The Bertz CT molecular complexity index is 534. The average Bonchev–Trinajstić information content (AvgIpc) is 2.99. The Balaban J connectivity index is 2.04. The summed E-state index contributed by atoms with van der Waals surface area (Å²) in [4.78, 5) is 12.9. The average molecular weight is 289 g/mol. The summed E-state index contributed by atoms with van der Waals surface area (Å²) in [5.41, 5.74) is 1.60. The molecule has 0 spiro atoms. The van der Waals surface area contributed by atoms with Crippen molar-refractivity contribution in [3.05, 3.63) is 52.2 Å². The SMILES string of the molecule is CCOC(=O)c1ccc(NC(CC)c2cccs2)cc1. The van der Waals surface area contributed by atoms with Gasteiger partial charge in [0.2, 0.25) is 0 Å². The number of benzene rings is 1. The van der Waals surface area contributed by atoms with Crippen molar-refractivity contribution in [3.63, 3.8) is 0 Å². The van der Waals surface area contributed by atoms with Crippen molar-refractivity contribution < 1.29 is 9.53 Å². The van der Waals surface area contributed by atoms with Gasteiger partial charge in [0.15, 0.2) is 0 Å². The molecule has 0 saturated carbocycles. The molecule has 0 fully saturated rings. The van der Waals surface area contributed by atoms with Crippen LogP contribution >= 0.6 is 11.3 Å². The maximum Gasteiger partial charge on any atom is 0.338 e. The summed E-state index contributed by atoms with van der Waals surface area (Å²) in [6.07, 6.45) is 1.01. The van der Waals surface area contributed by atoms with E-state index in [-0.39, 0.29) is 5.97 Å². The molecule has 1 unspecified atom stereocenters. The molecular formula is C16H19NO2S. The lowest BCUT2D eigenvalue weighted by Crippen LogP contribution is -2.09. The molecule has 1 atom stereocenters. The van der Waals surface area contributed by atoms with E-state index in [4.69, 9.17) is 4.74 Å². The van der Waals surface area contributed by atoms with E-state index in [2.05, 4.69) is 29.8 Å². The number of esters is 1. The van der Waals surface area contributed by atoms with Crippen LogP contribution in [-0.2, 0) is 4.74 Å². The molecule has 1 aromatic heterocycles. The number of thiophene rings is 1. The van der Waals surface area contributed by atoms with Gasteiger partial charge in [-0.3, -0.25) is 0 Å². The van der Waals surface area contributed by atoms with Gasteiger partial charge in [0.1, 0.15) is 0 Å². The van der Waals surface area contributed by atoms with Gasteiger partial charge in [0.05, 0.1) is 18.2 Å². The maximum absolute atomic E-state index is 11.6. The second-order valence-electron chi connectivity index (χ2n) is 4.42. The Labute approximate surface area is 123 Å². The normalized spacial score (nSPS) is 11.9. The van der Waals surface area contributed by atoms with Crippen LogP contribution in [0, 0.1) is 0 Å². The predicted molar refractivity (Wildman–Crippen MR) is 83.4 cm³/mol. The van der Waals surface area contributed by atoms with Crippen molar-refractivity contribution in [2.45, 2.75) is 26.3 Å². The highest BCUT2D eigenvalue weighted by atomic mass is 32.1. The molecule has 106 valence electrons. The van der Waals surface area contributed by atoms with E-state index in [1.165, 1.54) is 4.88 Å². The summed E-state index contributed by atoms with van der Waals surface area (Å²) >= 11 is 1.75. The van der Waals surface area contributed by atoms with Gasteiger partial charge in [-0.25, -0.2) is 4.79 Å². The standard InChI is InChI=1S/C16H19NO2S/c1-3-14(15-6-5-11-20-15)17-13-9-7-12(8-10-13)16(18)19-4-2/h5-11,14,17H,3-4H2,1-2H3. The van der Waals surface area contributed by atoms with E-state index in [1.807, 2.05) is 12.1 Å². The van der Waals surface area contributed by atoms with Gasteiger partial charge in [0, 0.05) is 10.6 Å². The Kier molecular flexibility index (Phi) is 5.18. The van der Waals surface area contributed by atoms with Crippen molar-refractivity contribution in [1.82, 2.24) is 0 Å². The Morgan fingerprint density at radius 1 is 1.25 bits per heavy atom. The van der Waals surface area contributed by atoms with Crippen LogP contribution in [-0.4, -0.2) is 12.6 Å². The van der Waals surface area contributed by atoms with Gasteiger partial charge in [-0.05, 0) is 49.1 Å². The minimum atomic E-state index is -0.274. The smallest absolute Gasteiger partial charge is 0.338 e. The molecule has 1 N–H and O–H groups in total. The molecule has 0 saturated heterocycles. The van der Waals surface area contributed by atoms with Gasteiger partial charge in [0.25, 0.3) is 0 Å². The van der Waals surface area contributed by atoms with Crippen LogP contribution < -0.4 is 5.32 Å². The lowest BCUT2D eigenvalue weighted by atomic mass is 10.1. The Hall–Kier alpha value is -1.81. The van der Waals surface area contributed by atoms with Gasteiger partial charge in [-0.2, -0.15) is 0 Å². The Morgan fingerprint density at radius 3 is 2.55 bits per heavy atom. The fourth-order valence-electron chi connectivity index (χ4n) is 1.98. The molecule has 1 aromatic carbocycles. The topological polar surface area (TPSA) is 38.3 Å². The third-order valence-corrected chi connectivity index (χ3v) is 4.02. The molecule has 2 rings (SSSR count). The van der Waals surface area contributed by atoms with E-state index in [9.17, 15) is 4.79 Å². The zero-order valence-electron chi connectivity index (χ0n) is 11.8. The molecule has 2 aromatic rings. The molecule has 1 heterocycles. The fourth-order valence-corrected chi connectivity index (χ4v) is 2.84. The van der Waals surface area contributed by atoms with Gasteiger partial charge in [-0.1, -0.05) is 13.0 Å². The molecular weight excluding hydrogens is 270 g/mol. The molecule has 20 heavy (non-hydrogen) atoms. The molecule has 0 amide bonds. The molecule has 0 bridgehead atoms. The van der Waals surface area contributed by atoms with Crippen molar-refractivity contribution in [3.8, 4) is 0 Å². The number of anilines is 1. The second kappa shape index (κ2) is 7.10. The van der Waals surface area contributed by atoms with Crippen LogP contribution in [0.3, 0.4) is 0 Å². The molecule has 0 aliphatic rings. The minimum absolute atomic E-state index is 0.274. The summed E-state index contributed by atoms with van der Waals surface area (Å²) < 4.78 is 4.97. The lowest BCUT2D eigenvalue weighted by Gasteiger charge is -2.17. The van der Waals surface area contributed by atoms with E-state index in [0.717, 1.165) is 12.1 Å². The number of hydrogen-bond donors (Lipinski definition) is 1. The third-order valence-electron chi connectivity index (χ3n) is 3.03. The first-order valence-corrected chi connectivity index (χ1v) is 7.69. The maximum atomic E-state index is 11.6. The molecule has 0 aliphatic carbocycles. The first kappa shape index (κ1) is 14.6. The first-order chi connectivity index (χ1) is 9.74. The molecule has 4 heteroatoms. The van der Waals surface area contributed by atoms with Crippen molar-refractivity contribution in [2.24, 2.45) is 0 Å². The van der Waals surface area contributed by atoms with E-state index in [0.29, 0.717) is 18.2 Å². The number of hydrogen-bond acceptors (Lipinski definition) is 4. The summed E-state index contributed by atoms with van der Waals surface area (Å²) in [5, 5.41) is 5.57. The van der Waals surface area contributed by atoms with Gasteiger partial charge in [-0.15, -0.1) is 11.3 Å². The minimum Gasteiger partial charge on any atom is -0.462 e. The van der Waals surface area contributed by atoms with Crippen LogP contribution in [0.15, 0.2) is 41.8 Å². The summed E-state index contributed by atoms with van der Waals surface area (Å²) in [7, 11) is 0. The first-order valence-electron chi connectivity index (χ1n) is 6.81. The van der Waals surface area contributed by atoms with Crippen molar-refractivity contribution in [1.29, 1.82) is 0 Å². The molecule has 0 radical (unpaired) electrons. The number of nitrogens with one attached hydrogen (secondary N) is 1. The van der Waals surface area contributed by atoms with Crippen LogP contribution in [0.25, 0.3) is 0 Å². The third kappa shape index (κ3) is 3.61. The number of carbonyl (C=O) groups excluding carboxylic acids is 1. The fraction of sp³-hybridized carbons (Fsp3) is 0.312. The van der Waals surface area contributed by atoms with Gasteiger partial charge < -0.3 is 10.1 Å². The Morgan fingerprint density at radius 2 is 2.00 bits per heavy atom. The van der Waals surface area contributed by atoms with Gasteiger partial charge >= 0.3 is 5.97 Å². The number of ether oxygens (including phenoxy) is 1. The largest absolute Gasteiger partial charge is 0.462 e. The van der Waals surface area contributed by atoms with Crippen LogP contribution in [0.1, 0.15) is 41.5 Å². The number of rotatable bonds is 6. The predicted octanol–water partition coefficient (Wildman–Crippen LogP) is 4.49. The second-order valence-corrected chi connectivity index (χ2v) is 5.40. The lowest BCUT2D eigenvalue weighted by molar-refractivity contribution is 0.0526. The monoisotopic (exact) mass is 289 g/mol. The van der Waals surface area contributed by atoms with Crippen molar-refractivity contribution >= 4 is 23.0 Å². The van der Waals surface area contributed by atoms with Crippen LogP contribution in [0.2, 0.25) is 0 Å². The summed E-state index contributed by atoms with van der Waals surface area (Å²) in [6, 6.07) is 11.9. The van der Waals surface area contributed by atoms with Crippen LogP contribution in [0.5, 0.6) is 0 Å². The number of carbonyl (C=O) groups is 1. The summed E-state index contributed by atoms with van der Waals surface area (Å²) in [6.45, 7) is 4.36. The quantitative estimate of drug-likeness (QED) is 0.796. The van der Waals surface area contributed by atoms with Crippen molar-refractivity contribution in [2.75, 3.05) is 11.9 Å². The van der Waals surface area contributed by atoms with E-state index >= 15 is 0 Å². The highest BCUT2D eigenvalue weighted by Crippen LogP contribution is 2.26.